The van der Waals surface area contributed by atoms with Crippen LogP contribution in [0.5, 0.6) is 5.75 Å². The molecule has 24 heavy (non-hydrogen) atoms. The highest BCUT2D eigenvalue weighted by atomic mass is 19.4. The third-order valence-electron chi connectivity index (χ3n) is 2.69. The van der Waals surface area contributed by atoms with Crippen LogP contribution in [0.1, 0.15) is 33.3 Å². The largest absolute Gasteiger partial charge is 0.480 e. The number of hydrogen-bond acceptors (Lipinski definition) is 4. The summed E-state index contributed by atoms with van der Waals surface area (Å²) in [6.07, 6.45) is -5.81. The number of ether oxygens (including phenoxy) is 2. The van der Waals surface area contributed by atoms with Crippen LogP contribution in [0, 0.1) is 0 Å². The van der Waals surface area contributed by atoms with E-state index < -0.39 is 47.6 Å². The van der Waals surface area contributed by atoms with Gasteiger partial charge in [0.1, 0.15) is 17.9 Å². The second kappa shape index (κ2) is 7.55. The first kappa shape index (κ1) is 19.8. The topological polar surface area (TPSA) is 64.6 Å². The molecular weight excluding hydrogens is 327 g/mol. The van der Waals surface area contributed by atoms with Gasteiger partial charge in [0.25, 0.3) is 5.91 Å². The molecule has 0 aliphatic heterocycles. The van der Waals surface area contributed by atoms with Gasteiger partial charge in [-0.1, -0.05) is 12.1 Å². The summed E-state index contributed by atoms with van der Waals surface area (Å²) in [5.41, 5.74) is -1.67. The lowest BCUT2D eigenvalue weighted by molar-refractivity contribution is -0.154. The van der Waals surface area contributed by atoms with Crippen LogP contribution in [-0.2, 0) is 20.5 Å². The summed E-state index contributed by atoms with van der Waals surface area (Å²) in [7, 11) is 0. The molecule has 1 aromatic carbocycles. The number of amides is 1. The van der Waals surface area contributed by atoms with Crippen molar-refractivity contribution in [1.82, 2.24) is 5.32 Å². The number of alkyl halides is 3. The summed E-state index contributed by atoms with van der Waals surface area (Å²) in [4.78, 5) is 23.4. The van der Waals surface area contributed by atoms with Crippen molar-refractivity contribution in [2.75, 3.05) is 6.54 Å². The van der Waals surface area contributed by atoms with E-state index in [1.165, 1.54) is 19.1 Å². The van der Waals surface area contributed by atoms with Crippen LogP contribution in [-0.4, -0.2) is 30.1 Å². The number of nitrogens with one attached hydrogen (secondary N) is 1. The molecule has 0 aliphatic carbocycles. The maximum absolute atomic E-state index is 12.9. The average molecular weight is 347 g/mol. The molecule has 8 heteroatoms. The Morgan fingerprint density at radius 2 is 1.75 bits per heavy atom. The summed E-state index contributed by atoms with van der Waals surface area (Å²) in [5.74, 6) is -1.83. The van der Waals surface area contributed by atoms with Gasteiger partial charge in [-0.2, -0.15) is 13.2 Å². The third kappa shape index (κ3) is 6.47. The number of carbonyl (C=O) groups is 2. The van der Waals surface area contributed by atoms with Crippen LogP contribution >= 0.6 is 0 Å². The second-order valence-corrected chi connectivity index (χ2v) is 6.06. The van der Waals surface area contributed by atoms with Crippen LogP contribution in [0.2, 0.25) is 0 Å². The van der Waals surface area contributed by atoms with E-state index in [-0.39, 0.29) is 0 Å². The Morgan fingerprint density at radius 1 is 1.17 bits per heavy atom. The van der Waals surface area contributed by atoms with Crippen LogP contribution in [0.3, 0.4) is 0 Å². The van der Waals surface area contributed by atoms with Gasteiger partial charge < -0.3 is 14.8 Å². The summed E-state index contributed by atoms with van der Waals surface area (Å²) >= 11 is 0. The molecule has 0 saturated heterocycles. The van der Waals surface area contributed by atoms with Crippen LogP contribution in [0.15, 0.2) is 24.3 Å². The molecule has 1 unspecified atom stereocenters. The average Bonchev–Trinajstić information content (AvgIpc) is 2.42. The van der Waals surface area contributed by atoms with Gasteiger partial charge in [0.05, 0.1) is 5.56 Å². The Kier molecular flexibility index (Phi) is 6.22. The predicted molar refractivity (Wildman–Crippen MR) is 80.4 cm³/mol. The van der Waals surface area contributed by atoms with Crippen molar-refractivity contribution >= 4 is 11.9 Å². The Hall–Kier alpha value is -2.25. The molecule has 1 aromatic rings. The molecule has 1 N–H and O–H groups in total. The lowest BCUT2D eigenvalue weighted by Gasteiger charge is -2.20. The minimum atomic E-state index is -4.59. The summed E-state index contributed by atoms with van der Waals surface area (Å²) < 4.78 is 48.7. The SMILES string of the molecule is CC(Oc1ccccc1C(F)(F)F)C(=O)NCC(=O)OC(C)(C)C. The molecule has 1 rings (SSSR count). The maximum atomic E-state index is 12.9. The van der Waals surface area contributed by atoms with Gasteiger partial charge in [0.2, 0.25) is 0 Å². The number of esters is 1. The highest BCUT2D eigenvalue weighted by Crippen LogP contribution is 2.36. The Bertz CT molecular complexity index is 594. The number of para-hydroxylation sites is 1. The maximum Gasteiger partial charge on any atom is 0.419 e. The smallest absolute Gasteiger partial charge is 0.419 e. The lowest BCUT2D eigenvalue weighted by atomic mass is 10.2. The monoisotopic (exact) mass is 347 g/mol. The molecule has 0 aliphatic rings. The first-order chi connectivity index (χ1) is 10.9. The number of hydrogen-bond donors (Lipinski definition) is 1. The fourth-order valence-corrected chi connectivity index (χ4v) is 1.73. The zero-order valence-electron chi connectivity index (χ0n) is 13.9. The van der Waals surface area contributed by atoms with E-state index in [0.29, 0.717) is 0 Å². The van der Waals surface area contributed by atoms with Gasteiger partial charge >= 0.3 is 12.1 Å². The molecule has 5 nitrogen and oxygen atoms in total. The van der Waals surface area contributed by atoms with E-state index in [0.717, 1.165) is 12.1 Å². The minimum Gasteiger partial charge on any atom is -0.480 e. The van der Waals surface area contributed by atoms with Gasteiger partial charge in [-0.05, 0) is 39.8 Å². The van der Waals surface area contributed by atoms with E-state index in [4.69, 9.17) is 9.47 Å². The molecular formula is C16H20F3NO4. The van der Waals surface area contributed by atoms with E-state index in [1.54, 1.807) is 20.8 Å². The number of halogens is 3. The van der Waals surface area contributed by atoms with E-state index >= 15 is 0 Å². The van der Waals surface area contributed by atoms with Crippen LogP contribution in [0.4, 0.5) is 13.2 Å². The van der Waals surface area contributed by atoms with E-state index in [1.807, 2.05) is 0 Å². The molecule has 1 amide bonds. The minimum absolute atomic E-state index is 0.398. The zero-order chi connectivity index (χ0) is 18.5. The Balaban J connectivity index is 2.64. The molecule has 0 fully saturated rings. The highest BCUT2D eigenvalue weighted by molar-refractivity contribution is 5.85. The third-order valence-corrected chi connectivity index (χ3v) is 2.69. The molecule has 0 bridgehead atoms. The van der Waals surface area contributed by atoms with E-state index in [2.05, 4.69) is 5.32 Å². The number of rotatable bonds is 5. The Labute approximate surface area is 138 Å². The first-order valence-electron chi connectivity index (χ1n) is 7.22. The Morgan fingerprint density at radius 3 is 2.29 bits per heavy atom. The zero-order valence-corrected chi connectivity index (χ0v) is 13.9. The summed E-state index contributed by atoms with van der Waals surface area (Å²) in [6, 6.07) is 4.58. The second-order valence-electron chi connectivity index (χ2n) is 6.06. The van der Waals surface area contributed by atoms with Gasteiger partial charge in [-0.25, -0.2) is 0 Å². The summed E-state index contributed by atoms with van der Waals surface area (Å²) in [6.45, 7) is 5.91. The molecule has 0 saturated carbocycles. The fraction of sp³-hybridized carbons (Fsp3) is 0.500. The van der Waals surface area contributed by atoms with Crippen LogP contribution < -0.4 is 10.1 Å². The molecule has 0 spiro atoms. The summed E-state index contributed by atoms with van der Waals surface area (Å²) in [5, 5.41) is 2.26. The van der Waals surface area contributed by atoms with Crippen LogP contribution in [0.25, 0.3) is 0 Å². The van der Waals surface area contributed by atoms with Crippen molar-refractivity contribution in [3.63, 3.8) is 0 Å². The molecule has 134 valence electrons. The van der Waals surface area contributed by atoms with Crippen molar-refractivity contribution in [3.05, 3.63) is 29.8 Å². The van der Waals surface area contributed by atoms with Crippen molar-refractivity contribution < 1.29 is 32.2 Å². The molecule has 0 radical (unpaired) electrons. The van der Waals surface area contributed by atoms with Gasteiger partial charge in [0, 0.05) is 0 Å². The molecule has 1 atom stereocenters. The van der Waals surface area contributed by atoms with Crippen molar-refractivity contribution in [2.24, 2.45) is 0 Å². The van der Waals surface area contributed by atoms with E-state index in [9.17, 15) is 22.8 Å². The first-order valence-corrected chi connectivity index (χ1v) is 7.22. The van der Waals surface area contributed by atoms with Crippen molar-refractivity contribution in [1.29, 1.82) is 0 Å². The quantitative estimate of drug-likeness (QED) is 0.832. The molecule has 0 heterocycles. The fourth-order valence-electron chi connectivity index (χ4n) is 1.73. The number of carbonyl (C=O) groups excluding carboxylic acids is 2. The van der Waals surface area contributed by atoms with Gasteiger partial charge in [-0.3, -0.25) is 9.59 Å². The molecule has 0 aromatic heterocycles. The number of benzene rings is 1. The van der Waals surface area contributed by atoms with Gasteiger partial charge in [0.15, 0.2) is 6.10 Å². The van der Waals surface area contributed by atoms with Crippen molar-refractivity contribution in [2.45, 2.75) is 45.6 Å². The highest BCUT2D eigenvalue weighted by Gasteiger charge is 2.34. The predicted octanol–water partition coefficient (Wildman–Crippen LogP) is 2.93. The normalized spacial score (nSPS) is 13.1. The van der Waals surface area contributed by atoms with Gasteiger partial charge in [-0.15, -0.1) is 0 Å². The van der Waals surface area contributed by atoms with Crippen molar-refractivity contribution in [3.8, 4) is 5.75 Å². The standard InChI is InChI=1S/C16H20F3NO4/c1-10(14(22)20-9-13(21)24-15(2,3)4)23-12-8-6-5-7-11(12)16(17,18)19/h5-8,10H,9H2,1-4H3,(H,20,22). The lowest BCUT2D eigenvalue weighted by Crippen LogP contribution is -2.41.